The molecule has 0 saturated carbocycles. The zero-order valence-electron chi connectivity index (χ0n) is 7.28. The third-order valence-corrected chi connectivity index (χ3v) is 1.97. The minimum Gasteiger partial charge on any atom is -0.255 e. The first kappa shape index (κ1) is 7.81. The van der Waals surface area contributed by atoms with Crippen molar-refractivity contribution in [1.82, 2.24) is 4.98 Å². The number of benzene rings is 1. The van der Waals surface area contributed by atoms with Crippen molar-refractivity contribution >= 4 is 24.2 Å². The van der Waals surface area contributed by atoms with E-state index in [-0.39, 0.29) is 0 Å². The normalized spacial score (nSPS) is 9.77. The minimum atomic E-state index is 0.609. The Morgan fingerprint density at radius 3 is 2.92 bits per heavy atom. The second-order valence-electron chi connectivity index (χ2n) is 3.03. The molecule has 0 fully saturated rings. The highest BCUT2D eigenvalue weighted by Gasteiger charge is 1.96. The standard InChI is InChI=1S/C10H7BN2/c11-9-1-2-10-8(4-9)3-7(5-12)6-13-10/h1-4,6H,11H2. The average Bonchev–Trinajstić information content (AvgIpc) is 2.16. The van der Waals surface area contributed by atoms with Gasteiger partial charge in [0, 0.05) is 11.6 Å². The molecule has 0 unspecified atom stereocenters. The maximum Gasteiger partial charge on any atom is 0.139 e. The van der Waals surface area contributed by atoms with Crippen molar-refractivity contribution in [1.29, 1.82) is 5.26 Å². The molecular formula is C10H7BN2. The lowest BCUT2D eigenvalue weighted by Gasteiger charge is -1.98. The first-order valence-electron chi connectivity index (χ1n) is 4.06. The van der Waals surface area contributed by atoms with Gasteiger partial charge < -0.3 is 0 Å². The van der Waals surface area contributed by atoms with E-state index >= 15 is 0 Å². The molecule has 13 heavy (non-hydrogen) atoms. The summed E-state index contributed by atoms with van der Waals surface area (Å²) < 4.78 is 0. The first-order chi connectivity index (χ1) is 6.29. The van der Waals surface area contributed by atoms with Gasteiger partial charge in [0.05, 0.1) is 11.1 Å². The number of aromatic nitrogens is 1. The molecule has 0 N–H and O–H groups in total. The lowest BCUT2D eigenvalue weighted by Crippen LogP contribution is -2.00. The molecule has 0 aliphatic rings. The van der Waals surface area contributed by atoms with Crippen LogP contribution in [0.3, 0.4) is 0 Å². The van der Waals surface area contributed by atoms with Crippen LogP contribution in [0.1, 0.15) is 5.56 Å². The minimum absolute atomic E-state index is 0.609. The molecule has 2 aromatic rings. The first-order valence-corrected chi connectivity index (χ1v) is 4.06. The Balaban J connectivity index is 2.77. The van der Waals surface area contributed by atoms with Gasteiger partial charge in [-0.15, -0.1) is 0 Å². The van der Waals surface area contributed by atoms with Gasteiger partial charge in [0.1, 0.15) is 13.9 Å². The van der Waals surface area contributed by atoms with E-state index in [1.165, 1.54) is 5.46 Å². The van der Waals surface area contributed by atoms with Crippen molar-refractivity contribution < 1.29 is 0 Å². The van der Waals surface area contributed by atoms with Gasteiger partial charge in [-0.3, -0.25) is 4.98 Å². The van der Waals surface area contributed by atoms with E-state index in [9.17, 15) is 0 Å². The fourth-order valence-electron chi connectivity index (χ4n) is 1.31. The van der Waals surface area contributed by atoms with Gasteiger partial charge in [0.25, 0.3) is 0 Å². The lowest BCUT2D eigenvalue weighted by atomic mass is 9.94. The number of nitriles is 1. The van der Waals surface area contributed by atoms with Gasteiger partial charge in [0.2, 0.25) is 0 Å². The van der Waals surface area contributed by atoms with E-state index in [2.05, 4.69) is 11.1 Å². The Morgan fingerprint density at radius 1 is 1.31 bits per heavy atom. The third kappa shape index (κ3) is 1.39. The fourth-order valence-corrected chi connectivity index (χ4v) is 1.31. The Labute approximate surface area is 77.2 Å². The summed E-state index contributed by atoms with van der Waals surface area (Å²) in [6.07, 6.45) is 1.59. The number of hydrogen-bond acceptors (Lipinski definition) is 2. The SMILES string of the molecule is Bc1ccc2ncc(C#N)cc2c1. The molecule has 0 aliphatic carbocycles. The van der Waals surface area contributed by atoms with Crippen LogP contribution in [0.15, 0.2) is 30.5 Å². The van der Waals surface area contributed by atoms with Crippen LogP contribution in [0.5, 0.6) is 0 Å². The highest BCUT2D eigenvalue weighted by atomic mass is 14.6. The highest BCUT2D eigenvalue weighted by molar-refractivity contribution is 6.33. The van der Waals surface area contributed by atoms with Crippen molar-refractivity contribution in [3.05, 3.63) is 36.0 Å². The molecule has 2 rings (SSSR count). The van der Waals surface area contributed by atoms with Crippen LogP contribution in [0, 0.1) is 11.3 Å². The van der Waals surface area contributed by atoms with Crippen LogP contribution in [-0.4, -0.2) is 12.8 Å². The van der Waals surface area contributed by atoms with Crippen LogP contribution < -0.4 is 5.46 Å². The molecule has 0 bridgehead atoms. The molecule has 0 spiro atoms. The van der Waals surface area contributed by atoms with Gasteiger partial charge in [0.15, 0.2) is 0 Å². The van der Waals surface area contributed by atoms with Gasteiger partial charge in [-0.1, -0.05) is 17.6 Å². The number of nitrogens with zero attached hydrogens (tertiary/aromatic N) is 2. The summed E-state index contributed by atoms with van der Waals surface area (Å²) in [5.41, 5.74) is 2.73. The molecule has 0 saturated heterocycles. The summed E-state index contributed by atoms with van der Waals surface area (Å²) in [5, 5.41) is 9.70. The number of rotatable bonds is 0. The summed E-state index contributed by atoms with van der Waals surface area (Å²) in [6, 6.07) is 9.94. The predicted octanol–water partition coefficient (Wildman–Crippen LogP) is 0.365. The zero-order chi connectivity index (χ0) is 9.26. The molecule has 0 aliphatic heterocycles. The monoisotopic (exact) mass is 166 g/mol. The Kier molecular flexibility index (Phi) is 1.75. The summed E-state index contributed by atoms with van der Waals surface area (Å²) in [5.74, 6) is 0. The van der Waals surface area contributed by atoms with Crippen LogP contribution in [0.25, 0.3) is 10.9 Å². The molecule has 0 radical (unpaired) electrons. The van der Waals surface area contributed by atoms with Crippen LogP contribution >= 0.6 is 0 Å². The number of fused-ring (bicyclic) bond motifs is 1. The van der Waals surface area contributed by atoms with E-state index < -0.39 is 0 Å². The summed E-state index contributed by atoms with van der Waals surface area (Å²) in [6.45, 7) is 0. The molecule has 3 heteroatoms. The van der Waals surface area contributed by atoms with Crippen molar-refractivity contribution in [3.8, 4) is 6.07 Å². The van der Waals surface area contributed by atoms with Crippen LogP contribution in [-0.2, 0) is 0 Å². The number of pyridine rings is 1. The van der Waals surface area contributed by atoms with Gasteiger partial charge in [-0.05, 0) is 12.1 Å². The van der Waals surface area contributed by atoms with Crippen molar-refractivity contribution in [2.45, 2.75) is 0 Å². The molecule has 60 valence electrons. The molecule has 1 aromatic carbocycles. The second-order valence-corrected chi connectivity index (χ2v) is 3.03. The quantitative estimate of drug-likeness (QED) is 0.530. The van der Waals surface area contributed by atoms with Gasteiger partial charge in [-0.2, -0.15) is 5.26 Å². The molecule has 1 heterocycles. The van der Waals surface area contributed by atoms with Crippen LogP contribution in [0.4, 0.5) is 0 Å². The predicted molar refractivity (Wildman–Crippen MR) is 54.6 cm³/mol. The van der Waals surface area contributed by atoms with Gasteiger partial charge in [-0.25, -0.2) is 0 Å². The molecule has 2 nitrogen and oxygen atoms in total. The van der Waals surface area contributed by atoms with Crippen molar-refractivity contribution in [3.63, 3.8) is 0 Å². The molecule has 0 atom stereocenters. The van der Waals surface area contributed by atoms with Gasteiger partial charge >= 0.3 is 0 Å². The maximum absolute atomic E-state index is 8.68. The maximum atomic E-state index is 8.68. The van der Waals surface area contributed by atoms with E-state index in [0.29, 0.717) is 5.56 Å². The largest absolute Gasteiger partial charge is 0.255 e. The van der Waals surface area contributed by atoms with Crippen molar-refractivity contribution in [2.24, 2.45) is 0 Å². The van der Waals surface area contributed by atoms with Crippen LogP contribution in [0.2, 0.25) is 0 Å². The molecule has 0 amide bonds. The third-order valence-electron chi connectivity index (χ3n) is 1.97. The lowest BCUT2D eigenvalue weighted by molar-refractivity contribution is 1.37. The Morgan fingerprint density at radius 2 is 2.15 bits per heavy atom. The summed E-state index contributed by atoms with van der Waals surface area (Å²) in [7, 11) is 2.03. The average molecular weight is 166 g/mol. The van der Waals surface area contributed by atoms with E-state index in [0.717, 1.165) is 10.9 Å². The Hall–Kier alpha value is -1.82. The summed E-state index contributed by atoms with van der Waals surface area (Å²) >= 11 is 0. The molecule has 1 aromatic heterocycles. The van der Waals surface area contributed by atoms with E-state index in [1.54, 1.807) is 6.20 Å². The highest BCUT2D eigenvalue weighted by Crippen LogP contribution is 2.10. The molecular weight excluding hydrogens is 159 g/mol. The van der Waals surface area contributed by atoms with E-state index in [1.807, 2.05) is 32.1 Å². The fraction of sp³-hybridized carbons (Fsp3) is 0. The van der Waals surface area contributed by atoms with E-state index in [4.69, 9.17) is 5.26 Å². The van der Waals surface area contributed by atoms with Crippen molar-refractivity contribution in [2.75, 3.05) is 0 Å². The topological polar surface area (TPSA) is 36.7 Å². The second kappa shape index (κ2) is 2.91. The zero-order valence-corrected chi connectivity index (χ0v) is 7.28. The Bertz CT molecular complexity index is 500. The smallest absolute Gasteiger partial charge is 0.139 e. The summed E-state index contributed by atoms with van der Waals surface area (Å²) in [4.78, 5) is 4.17. The number of hydrogen-bond donors (Lipinski definition) is 0.